The first-order valence-corrected chi connectivity index (χ1v) is 11.2. The summed E-state index contributed by atoms with van der Waals surface area (Å²) in [5.74, 6) is 0.907. The zero-order chi connectivity index (χ0) is 16.0. The van der Waals surface area contributed by atoms with E-state index in [1.54, 1.807) is 5.56 Å². The molecule has 1 atom stereocenters. The summed E-state index contributed by atoms with van der Waals surface area (Å²) in [6, 6.07) is 2.32. The van der Waals surface area contributed by atoms with Crippen LogP contribution in [0.25, 0.3) is 0 Å². The van der Waals surface area contributed by atoms with Gasteiger partial charge in [0.05, 0.1) is 3.79 Å². The van der Waals surface area contributed by atoms with Gasteiger partial charge in [0, 0.05) is 0 Å². The van der Waals surface area contributed by atoms with Crippen LogP contribution < -0.4 is 0 Å². The fourth-order valence-corrected chi connectivity index (χ4v) is 4.43. The van der Waals surface area contributed by atoms with Crippen molar-refractivity contribution in [3.05, 3.63) is 20.8 Å². The van der Waals surface area contributed by atoms with Gasteiger partial charge in [0.15, 0.2) is 0 Å². The smallest absolute Gasteiger partial charge is 0.0701 e. The van der Waals surface area contributed by atoms with Gasteiger partial charge in [-0.15, -0.1) is 11.3 Å². The highest BCUT2D eigenvalue weighted by Crippen LogP contribution is 2.27. The molecule has 22 heavy (non-hydrogen) atoms. The zero-order valence-electron chi connectivity index (χ0n) is 14.7. The van der Waals surface area contributed by atoms with E-state index in [9.17, 15) is 0 Å². The monoisotopic (exact) mass is 386 g/mol. The summed E-state index contributed by atoms with van der Waals surface area (Å²) in [6.45, 7) is 4.60. The highest BCUT2D eigenvalue weighted by Gasteiger charge is 2.11. The summed E-state index contributed by atoms with van der Waals surface area (Å²) in [4.78, 5) is 0. The lowest BCUT2D eigenvalue weighted by Gasteiger charge is -2.16. The van der Waals surface area contributed by atoms with Crippen molar-refractivity contribution in [1.29, 1.82) is 0 Å². The SMILES string of the molecule is CCCCCCCCC(CCCCCC)Cc1csc(Br)c1. The van der Waals surface area contributed by atoms with Crippen molar-refractivity contribution >= 4 is 27.3 Å². The Morgan fingerprint density at radius 2 is 1.41 bits per heavy atom. The molecule has 0 saturated heterocycles. The molecule has 0 aliphatic heterocycles. The van der Waals surface area contributed by atoms with E-state index in [0.717, 1.165) is 5.92 Å². The van der Waals surface area contributed by atoms with Crippen molar-refractivity contribution in [2.75, 3.05) is 0 Å². The van der Waals surface area contributed by atoms with Gasteiger partial charge < -0.3 is 0 Å². The predicted octanol–water partition coefficient (Wildman–Crippen LogP) is 8.39. The van der Waals surface area contributed by atoms with Gasteiger partial charge >= 0.3 is 0 Å². The van der Waals surface area contributed by atoms with Crippen LogP contribution in [-0.4, -0.2) is 0 Å². The molecule has 0 aliphatic rings. The normalized spacial score (nSPS) is 12.7. The first-order valence-electron chi connectivity index (χ1n) is 9.49. The second kappa shape index (κ2) is 13.6. The lowest BCUT2D eigenvalue weighted by molar-refractivity contribution is 0.402. The molecule has 0 fully saturated rings. The average molecular weight is 387 g/mol. The van der Waals surface area contributed by atoms with Gasteiger partial charge in [0.25, 0.3) is 0 Å². The van der Waals surface area contributed by atoms with Crippen LogP contribution in [0.2, 0.25) is 0 Å². The second-order valence-electron chi connectivity index (χ2n) is 6.73. The lowest BCUT2D eigenvalue weighted by atomic mass is 9.89. The Balaban J connectivity index is 2.27. The Labute approximate surface area is 151 Å². The fraction of sp³-hybridized carbons (Fsp3) is 0.800. The van der Waals surface area contributed by atoms with Gasteiger partial charge in [0.2, 0.25) is 0 Å². The lowest BCUT2D eigenvalue weighted by Crippen LogP contribution is -2.04. The summed E-state index contributed by atoms with van der Waals surface area (Å²) in [5.41, 5.74) is 1.54. The molecular formula is C20H35BrS. The molecule has 0 saturated carbocycles. The van der Waals surface area contributed by atoms with E-state index in [4.69, 9.17) is 0 Å². The molecule has 1 rings (SSSR count). The first kappa shape index (κ1) is 20.2. The minimum absolute atomic E-state index is 0.907. The Hall–Kier alpha value is 0.180. The van der Waals surface area contributed by atoms with Gasteiger partial charge in [-0.05, 0) is 45.3 Å². The predicted molar refractivity (Wildman–Crippen MR) is 106 cm³/mol. The topological polar surface area (TPSA) is 0 Å². The quantitative estimate of drug-likeness (QED) is 0.281. The molecule has 1 aromatic heterocycles. The number of hydrogen-bond acceptors (Lipinski definition) is 1. The molecule has 0 amide bonds. The summed E-state index contributed by atoms with van der Waals surface area (Å²) < 4.78 is 1.28. The molecular weight excluding hydrogens is 352 g/mol. The van der Waals surface area contributed by atoms with E-state index < -0.39 is 0 Å². The largest absolute Gasteiger partial charge is 0.137 e. The van der Waals surface area contributed by atoms with E-state index >= 15 is 0 Å². The minimum atomic E-state index is 0.907. The maximum Gasteiger partial charge on any atom is 0.0701 e. The van der Waals surface area contributed by atoms with Crippen LogP contribution in [0.15, 0.2) is 15.2 Å². The molecule has 1 aromatic rings. The van der Waals surface area contributed by atoms with Crippen LogP contribution in [0.5, 0.6) is 0 Å². The van der Waals surface area contributed by atoms with Crippen LogP contribution in [0.4, 0.5) is 0 Å². The number of thiophene rings is 1. The summed E-state index contributed by atoms with van der Waals surface area (Å²) in [6.07, 6.45) is 18.3. The molecule has 1 unspecified atom stereocenters. The van der Waals surface area contributed by atoms with Gasteiger partial charge in [-0.3, -0.25) is 0 Å². The Bertz CT molecular complexity index is 358. The maximum absolute atomic E-state index is 3.60. The van der Waals surface area contributed by atoms with E-state index in [0.29, 0.717) is 0 Å². The number of hydrogen-bond donors (Lipinski definition) is 0. The van der Waals surface area contributed by atoms with Crippen LogP contribution in [0.1, 0.15) is 96.5 Å². The van der Waals surface area contributed by atoms with Crippen molar-refractivity contribution in [3.63, 3.8) is 0 Å². The molecule has 0 bridgehead atoms. The van der Waals surface area contributed by atoms with Crippen molar-refractivity contribution in [3.8, 4) is 0 Å². The highest BCUT2D eigenvalue weighted by molar-refractivity contribution is 9.11. The Kier molecular flexibility index (Phi) is 12.5. The van der Waals surface area contributed by atoms with Gasteiger partial charge in [-0.25, -0.2) is 0 Å². The Morgan fingerprint density at radius 1 is 0.864 bits per heavy atom. The second-order valence-corrected chi connectivity index (χ2v) is 9.03. The third-order valence-electron chi connectivity index (χ3n) is 4.58. The molecule has 0 N–H and O–H groups in total. The van der Waals surface area contributed by atoms with Gasteiger partial charge in [-0.2, -0.15) is 0 Å². The third-order valence-corrected chi connectivity index (χ3v) is 6.13. The van der Waals surface area contributed by atoms with E-state index in [1.807, 2.05) is 11.3 Å². The van der Waals surface area contributed by atoms with Crippen LogP contribution >= 0.6 is 27.3 Å². The molecule has 0 nitrogen and oxygen atoms in total. The van der Waals surface area contributed by atoms with E-state index in [1.165, 1.54) is 87.3 Å². The van der Waals surface area contributed by atoms with Crippen LogP contribution in [0.3, 0.4) is 0 Å². The summed E-state index contributed by atoms with van der Waals surface area (Å²) in [5, 5.41) is 2.34. The molecule has 0 aromatic carbocycles. The number of unbranched alkanes of at least 4 members (excludes halogenated alkanes) is 8. The van der Waals surface area contributed by atoms with Crippen LogP contribution in [0, 0.1) is 5.92 Å². The minimum Gasteiger partial charge on any atom is -0.137 e. The maximum atomic E-state index is 3.60. The Morgan fingerprint density at radius 3 is 1.95 bits per heavy atom. The number of halogens is 1. The third kappa shape index (κ3) is 10.0. The fourth-order valence-electron chi connectivity index (χ4n) is 3.21. The molecule has 0 aliphatic carbocycles. The van der Waals surface area contributed by atoms with Gasteiger partial charge in [0.1, 0.15) is 0 Å². The van der Waals surface area contributed by atoms with Crippen molar-refractivity contribution in [2.24, 2.45) is 5.92 Å². The molecule has 1 heterocycles. The van der Waals surface area contributed by atoms with Crippen molar-refractivity contribution in [1.82, 2.24) is 0 Å². The van der Waals surface area contributed by atoms with Crippen molar-refractivity contribution in [2.45, 2.75) is 97.3 Å². The molecule has 128 valence electrons. The first-order chi connectivity index (χ1) is 10.8. The average Bonchev–Trinajstić information content (AvgIpc) is 2.92. The summed E-state index contributed by atoms with van der Waals surface area (Å²) in [7, 11) is 0. The number of rotatable bonds is 14. The van der Waals surface area contributed by atoms with Crippen molar-refractivity contribution < 1.29 is 0 Å². The van der Waals surface area contributed by atoms with E-state index in [-0.39, 0.29) is 0 Å². The molecule has 0 radical (unpaired) electrons. The zero-order valence-corrected chi connectivity index (χ0v) is 17.1. The highest BCUT2D eigenvalue weighted by atomic mass is 79.9. The standard InChI is InChI=1S/C20H35BrS/c1-3-5-7-9-10-12-14-18(13-11-8-6-4-2)15-19-16-20(21)22-17-19/h16-18H,3-15H2,1-2H3. The van der Waals surface area contributed by atoms with Crippen LogP contribution in [-0.2, 0) is 6.42 Å². The molecule has 2 heteroatoms. The van der Waals surface area contributed by atoms with E-state index in [2.05, 4.69) is 41.2 Å². The van der Waals surface area contributed by atoms with Gasteiger partial charge in [-0.1, -0.05) is 90.9 Å². The summed E-state index contributed by atoms with van der Waals surface area (Å²) >= 11 is 5.43. The molecule has 0 spiro atoms.